The van der Waals surface area contributed by atoms with Crippen LogP contribution < -0.4 is 5.32 Å². The number of nitro groups is 1. The smallest absolute Gasteiger partial charge is 0.326 e. The van der Waals surface area contributed by atoms with Gasteiger partial charge in [0.25, 0.3) is 11.6 Å². The third-order valence-electron chi connectivity index (χ3n) is 5.26. The minimum absolute atomic E-state index is 0.0284. The zero-order chi connectivity index (χ0) is 21.1. The van der Waals surface area contributed by atoms with E-state index in [2.05, 4.69) is 5.32 Å². The number of nitrogens with zero attached hydrogens (tertiary/aromatic N) is 2. The Labute approximate surface area is 166 Å². The standard InChI is InChI=1S/C19H21N3O7/c1-11(17(24)20-14-8-4-5-9-15(14)22(27)28)29-16(23)10-21-18(25)12-6-2-3-7-13(12)19(21)26/h4-5,8-9,11-13H,2-3,6-7,10H2,1H3,(H,20,24)/t11-,12-,13+/m0/s1. The molecule has 29 heavy (non-hydrogen) atoms. The highest BCUT2D eigenvalue weighted by Crippen LogP contribution is 2.37. The van der Waals surface area contributed by atoms with Crippen LogP contribution in [0, 0.1) is 22.0 Å². The molecule has 10 heteroatoms. The van der Waals surface area contributed by atoms with Gasteiger partial charge >= 0.3 is 5.97 Å². The van der Waals surface area contributed by atoms with Gasteiger partial charge in [-0.05, 0) is 25.8 Å². The lowest BCUT2D eigenvalue weighted by atomic mass is 9.81. The molecule has 2 aliphatic rings. The normalized spacial score (nSPS) is 22.0. The molecule has 1 aromatic carbocycles. The topological polar surface area (TPSA) is 136 Å². The van der Waals surface area contributed by atoms with Crippen molar-refractivity contribution < 1.29 is 28.8 Å². The second kappa shape index (κ2) is 8.38. The Morgan fingerprint density at radius 1 is 1.21 bits per heavy atom. The molecule has 3 amide bonds. The Bertz CT molecular complexity index is 845. The number of benzene rings is 1. The molecule has 0 aromatic heterocycles. The summed E-state index contributed by atoms with van der Waals surface area (Å²) >= 11 is 0. The summed E-state index contributed by atoms with van der Waals surface area (Å²) in [5.74, 6) is -3.13. The van der Waals surface area contributed by atoms with Gasteiger partial charge in [0.05, 0.1) is 16.8 Å². The van der Waals surface area contributed by atoms with Crippen molar-refractivity contribution in [2.45, 2.75) is 38.7 Å². The molecule has 2 fully saturated rings. The van der Waals surface area contributed by atoms with Gasteiger partial charge in [-0.15, -0.1) is 0 Å². The largest absolute Gasteiger partial charge is 0.451 e. The zero-order valence-corrected chi connectivity index (χ0v) is 15.8. The zero-order valence-electron chi connectivity index (χ0n) is 15.8. The fourth-order valence-electron chi connectivity index (χ4n) is 3.78. The first-order valence-corrected chi connectivity index (χ1v) is 9.38. The number of fused-ring (bicyclic) bond motifs is 1. The number of hydrogen-bond acceptors (Lipinski definition) is 7. The maximum absolute atomic E-state index is 12.4. The molecule has 1 saturated heterocycles. The van der Waals surface area contributed by atoms with Crippen LogP contribution in [0.15, 0.2) is 24.3 Å². The van der Waals surface area contributed by atoms with E-state index in [1.165, 1.54) is 31.2 Å². The van der Waals surface area contributed by atoms with E-state index in [0.717, 1.165) is 17.7 Å². The van der Waals surface area contributed by atoms with Crippen LogP contribution in [0.4, 0.5) is 11.4 Å². The van der Waals surface area contributed by atoms with E-state index in [-0.39, 0.29) is 35.0 Å². The van der Waals surface area contributed by atoms with Gasteiger partial charge < -0.3 is 10.1 Å². The molecular formula is C19H21N3O7. The molecule has 0 spiro atoms. The summed E-state index contributed by atoms with van der Waals surface area (Å²) in [6.45, 7) is 0.753. The van der Waals surface area contributed by atoms with Gasteiger partial charge in [-0.1, -0.05) is 25.0 Å². The van der Waals surface area contributed by atoms with Crippen LogP contribution in [0.25, 0.3) is 0 Å². The minimum Gasteiger partial charge on any atom is -0.451 e. The number of amides is 3. The Kier molecular flexibility index (Phi) is 5.90. The Morgan fingerprint density at radius 3 is 2.38 bits per heavy atom. The van der Waals surface area contributed by atoms with Gasteiger partial charge in [0, 0.05) is 6.07 Å². The molecule has 3 rings (SSSR count). The summed E-state index contributed by atoms with van der Waals surface area (Å²) in [6, 6.07) is 5.56. The fourth-order valence-corrected chi connectivity index (χ4v) is 3.78. The Morgan fingerprint density at radius 2 is 1.79 bits per heavy atom. The minimum atomic E-state index is -1.27. The van der Waals surface area contributed by atoms with Crippen LogP contribution in [0.1, 0.15) is 32.6 Å². The highest BCUT2D eigenvalue weighted by molar-refractivity contribution is 6.07. The van der Waals surface area contributed by atoms with Gasteiger partial charge in [0.2, 0.25) is 11.8 Å². The second-order valence-electron chi connectivity index (χ2n) is 7.16. The number of para-hydroxylation sites is 2. The van der Waals surface area contributed by atoms with Crippen LogP contribution in [0.5, 0.6) is 0 Å². The number of hydrogen-bond donors (Lipinski definition) is 1. The van der Waals surface area contributed by atoms with Gasteiger partial charge in [0.1, 0.15) is 12.2 Å². The van der Waals surface area contributed by atoms with Gasteiger partial charge in [-0.2, -0.15) is 0 Å². The Hall–Kier alpha value is -3.30. The molecule has 3 atom stereocenters. The lowest BCUT2D eigenvalue weighted by Crippen LogP contribution is -2.39. The van der Waals surface area contributed by atoms with Crippen molar-refractivity contribution in [3.8, 4) is 0 Å². The van der Waals surface area contributed by atoms with Crippen molar-refractivity contribution in [1.82, 2.24) is 4.90 Å². The highest BCUT2D eigenvalue weighted by Gasteiger charge is 2.48. The monoisotopic (exact) mass is 403 g/mol. The third kappa shape index (κ3) is 4.25. The van der Waals surface area contributed by atoms with Crippen molar-refractivity contribution >= 4 is 35.1 Å². The predicted molar refractivity (Wildman–Crippen MR) is 99.4 cm³/mol. The number of anilines is 1. The van der Waals surface area contributed by atoms with E-state index in [0.29, 0.717) is 12.8 Å². The number of esters is 1. The molecule has 1 aliphatic carbocycles. The number of rotatable bonds is 6. The predicted octanol–water partition coefficient (Wildman–Crippen LogP) is 1.64. The maximum Gasteiger partial charge on any atom is 0.326 e. The third-order valence-corrected chi connectivity index (χ3v) is 5.26. The second-order valence-corrected chi connectivity index (χ2v) is 7.16. The van der Waals surface area contributed by atoms with E-state index in [4.69, 9.17) is 4.74 Å². The van der Waals surface area contributed by atoms with Crippen molar-refractivity contribution in [2.75, 3.05) is 11.9 Å². The van der Waals surface area contributed by atoms with Gasteiger partial charge in [0.15, 0.2) is 6.10 Å². The quantitative estimate of drug-likeness (QED) is 0.330. The van der Waals surface area contributed by atoms with Gasteiger partial charge in [-0.3, -0.25) is 34.2 Å². The summed E-state index contributed by atoms with van der Waals surface area (Å²) in [7, 11) is 0. The van der Waals surface area contributed by atoms with Crippen LogP contribution in [-0.4, -0.2) is 46.2 Å². The van der Waals surface area contributed by atoms with Crippen LogP contribution in [0.3, 0.4) is 0 Å². The number of nitro benzene ring substituents is 1. The maximum atomic E-state index is 12.4. The van der Waals surface area contributed by atoms with Crippen molar-refractivity contribution in [1.29, 1.82) is 0 Å². The summed E-state index contributed by atoms with van der Waals surface area (Å²) in [6.07, 6.45) is 1.76. The molecule has 1 heterocycles. The number of nitrogens with one attached hydrogen (secondary N) is 1. The lowest BCUT2D eigenvalue weighted by molar-refractivity contribution is -0.383. The number of carbonyl (C=O) groups excluding carboxylic acids is 4. The summed E-state index contributed by atoms with van der Waals surface area (Å²) < 4.78 is 5.03. The molecule has 1 aliphatic heterocycles. The number of ether oxygens (including phenoxy) is 1. The number of carbonyl (C=O) groups is 4. The molecule has 1 N–H and O–H groups in total. The average Bonchev–Trinajstić information content (AvgIpc) is 2.93. The van der Waals surface area contributed by atoms with E-state index >= 15 is 0 Å². The molecule has 154 valence electrons. The molecular weight excluding hydrogens is 382 g/mol. The molecule has 1 saturated carbocycles. The molecule has 10 nitrogen and oxygen atoms in total. The lowest BCUT2D eigenvalue weighted by Gasteiger charge is -2.19. The molecule has 0 unspecified atom stereocenters. The molecule has 1 aromatic rings. The van der Waals surface area contributed by atoms with Gasteiger partial charge in [-0.25, -0.2) is 0 Å². The molecule has 0 radical (unpaired) electrons. The van der Waals surface area contributed by atoms with Crippen molar-refractivity contribution in [3.63, 3.8) is 0 Å². The van der Waals surface area contributed by atoms with E-state index < -0.39 is 29.4 Å². The summed E-state index contributed by atoms with van der Waals surface area (Å²) in [4.78, 5) is 60.5. The van der Waals surface area contributed by atoms with E-state index in [1.54, 1.807) is 0 Å². The van der Waals surface area contributed by atoms with E-state index in [9.17, 15) is 29.3 Å². The number of imide groups is 1. The Balaban J connectivity index is 1.58. The summed E-state index contributed by atoms with van der Waals surface area (Å²) in [5.41, 5.74) is -0.324. The average molecular weight is 403 g/mol. The van der Waals surface area contributed by atoms with Crippen LogP contribution in [0.2, 0.25) is 0 Å². The van der Waals surface area contributed by atoms with Crippen molar-refractivity contribution in [3.05, 3.63) is 34.4 Å². The van der Waals surface area contributed by atoms with E-state index in [1.807, 2.05) is 0 Å². The highest BCUT2D eigenvalue weighted by atomic mass is 16.6. The fraction of sp³-hybridized carbons (Fsp3) is 0.474. The SMILES string of the molecule is C[C@H](OC(=O)CN1C(=O)[C@H]2CCCC[C@H]2C1=O)C(=O)Nc1ccccc1[N+](=O)[O-]. The first-order valence-electron chi connectivity index (χ1n) is 9.38. The first-order chi connectivity index (χ1) is 13.8. The molecule has 0 bridgehead atoms. The van der Waals surface area contributed by atoms with Crippen LogP contribution >= 0.6 is 0 Å². The summed E-state index contributed by atoms with van der Waals surface area (Å²) in [5, 5.41) is 13.4. The van der Waals surface area contributed by atoms with Crippen molar-refractivity contribution in [2.24, 2.45) is 11.8 Å². The number of likely N-dealkylation sites (tertiary alicyclic amines) is 1. The van der Waals surface area contributed by atoms with Crippen LogP contribution in [-0.2, 0) is 23.9 Å². The first kappa shape index (κ1) is 20.4.